The molecule has 0 aliphatic rings. The third kappa shape index (κ3) is 4.81. The molecule has 3 heteroatoms. The predicted octanol–water partition coefficient (Wildman–Crippen LogP) is 3.76. The maximum atomic E-state index is 10.7. The molecule has 0 fully saturated rings. The van der Waals surface area contributed by atoms with Crippen molar-refractivity contribution >= 4 is 0 Å². The second kappa shape index (κ2) is 8.70. The molecule has 0 aliphatic heterocycles. The summed E-state index contributed by atoms with van der Waals surface area (Å²) < 4.78 is 5.96. The fourth-order valence-electron chi connectivity index (χ4n) is 2.99. The number of ether oxygens (including phenoxy) is 1. The monoisotopic (exact) mass is 313 g/mol. The topological polar surface area (TPSA) is 32.7 Å². The van der Waals surface area contributed by atoms with Crippen LogP contribution < -0.4 is 4.74 Å². The van der Waals surface area contributed by atoms with E-state index in [1.54, 1.807) is 0 Å². The van der Waals surface area contributed by atoms with Crippen LogP contribution in [-0.2, 0) is 0 Å². The summed E-state index contributed by atoms with van der Waals surface area (Å²) in [5, 5.41) is 10.7. The van der Waals surface area contributed by atoms with Crippen molar-refractivity contribution in [3.05, 3.63) is 66.2 Å². The Morgan fingerprint density at radius 1 is 0.957 bits per heavy atom. The Hall–Kier alpha value is -1.84. The van der Waals surface area contributed by atoms with Gasteiger partial charge in [0.1, 0.15) is 12.0 Å². The van der Waals surface area contributed by atoms with Crippen LogP contribution in [0.4, 0.5) is 0 Å². The molecule has 0 radical (unpaired) electrons. The van der Waals surface area contributed by atoms with E-state index in [2.05, 4.69) is 31.2 Å². The minimum atomic E-state index is -0.552. The van der Waals surface area contributed by atoms with Gasteiger partial charge in [0.25, 0.3) is 0 Å². The van der Waals surface area contributed by atoms with Crippen molar-refractivity contribution in [3.63, 3.8) is 0 Å². The maximum Gasteiger partial charge on any atom is 0.119 e. The van der Waals surface area contributed by atoms with Gasteiger partial charge in [0.15, 0.2) is 0 Å². The van der Waals surface area contributed by atoms with Gasteiger partial charge in [-0.2, -0.15) is 0 Å². The lowest BCUT2D eigenvalue weighted by Gasteiger charge is -2.34. The van der Waals surface area contributed by atoms with Crippen molar-refractivity contribution in [2.24, 2.45) is 5.92 Å². The molecule has 3 nitrogen and oxygen atoms in total. The second-order valence-corrected chi connectivity index (χ2v) is 6.09. The van der Waals surface area contributed by atoms with Crippen molar-refractivity contribution in [2.45, 2.75) is 25.5 Å². The molecule has 2 aromatic carbocycles. The van der Waals surface area contributed by atoms with E-state index in [1.165, 1.54) is 5.56 Å². The lowest BCUT2D eigenvalue weighted by molar-refractivity contribution is -0.0363. The molecule has 0 spiro atoms. The molecule has 124 valence electrons. The Bertz CT molecular complexity index is 556. The summed E-state index contributed by atoms with van der Waals surface area (Å²) in [5.74, 6) is 1.08. The fraction of sp³-hybridized carbons (Fsp3) is 0.400. The van der Waals surface area contributed by atoms with Crippen LogP contribution in [0.3, 0.4) is 0 Å². The van der Waals surface area contributed by atoms with E-state index in [1.807, 2.05) is 55.4 Å². The first-order valence-corrected chi connectivity index (χ1v) is 8.20. The van der Waals surface area contributed by atoms with Gasteiger partial charge in [-0.3, -0.25) is 4.90 Å². The van der Waals surface area contributed by atoms with E-state index < -0.39 is 6.23 Å². The fourth-order valence-corrected chi connectivity index (χ4v) is 2.99. The van der Waals surface area contributed by atoms with Gasteiger partial charge < -0.3 is 9.84 Å². The van der Waals surface area contributed by atoms with Crippen molar-refractivity contribution in [1.82, 2.24) is 4.90 Å². The largest absolute Gasteiger partial charge is 0.493 e. The predicted molar refractivity (Wildman–Crippen MR) is 94.6 cm³/mol. The lowest BCUT2D eigenvalue weighted by atomic mass is 9.83. The van der Waals surface area contributed by atoms with Crippen LogP contribution in [0.25, 0.3) is 0 Å². The summed E-state index contributed by atoms with van der Waals surface area (Å²) in [6.07, 6.45) is 0.404. The standard InChI is InChI=1S/C20H27NO2/c1-4-18(16-11-7-5-8-12-16)19(20(22)21(2)3)15-23-17-13-9-6-10-14-17/h5-14,18-20,22H,4,15H2,1-3H3. The summed E-state index contributed by atoms with van der Waals surface area (Å²) in [6.45, 7) is 2.65. The molecule has 23 heavy (non-hydrogen) atoms. The van der Waals surface area contributed by atoms with E-state index >= 15 is 0 Å². The molecule has 0 bridgehead atoms. The molecule has 3 atom stereocenters. The van der Waals surface area contributed by atoms with Crippen LogP contribution in [0, 0.1) is 5.92 Å². The third-order valence-corrected chi connectivity index (χ3v) is 4.28. The van der Waals surface area contributed by atoms with E-state index in [0.29, 0.717) is 6.61 Å². The SMILES string of the molecule is CCC(c1ccccc1)C(COc1ccccc1)C(O)N(C)C. The van der Waals surface area contributed by atoms with Gasteiger partial charge in [0.2, 0.25) is 0 Å². The smallest absolute Gasteiger partial charge is 0.119 e. The van der Waals surface area contributed by atoms with Gasteiger partial charge in [-0.15, -0.1) is 0 Å². The Morgan fingerprint density at radius 3 is 2.04 bits per heavy atom. The van der Waals surface area contributed by atoms with Crippen molar-refractivity contribution in [1.29, 1.82) is 0 Å². The van der Waals surface area contributed by atoms with Gasteiger partial charge in [0.05, 0.1) is 6.61 Å². The molecule has 2 rings (SSSR count). The van der Waals surface area contributed by atoms with Crippen LogP contribution in [0.15, 0.2) is 60.7 Å². The van der Waals surface area contributed by atoms with E-state index in [9.17, 15) is 5.11 Å². The van der Waals surface area contributed by atoms with E-state index in [4.69, 9.17) is 4.74 Å². The van der Waals surface area contributed by atoms with Crippen LogP contribution in [0.5, 0.6) is 5.75 Å². The maximum absolute atomic E-state index is 10.7. The van der Waals surface area contributed by atoms with Gasteiger partial charge in [-0.1, -0.05) is 55.5 Å². The highest BCUT2D eigenvalue weighted by atomic mass is 16.5. The first kappa shape index (κ1) is 17.5. The Morgan fingerprint density at radius 2 is 1.52 bits per heavy atom. The zero-order valence-corrected chi connectivity index (χ0v) is 14.2. The summed E-state index contributed by atoms with van der Waals surface area (Å²) in [5.41, 5.74) is 1.25. The molecule has 0 amide bonds. The molecular weight excluding hydrogens is 286 g/mol. The number of hydrogen-bond acceptors (Lipinski definition) is 3. The van der Waals surface area contributed by atoms with Gasteiger partial charge in [-0.25, -0.2) is 0 Å². The molecule has 2 aromatic rings. The second-order valence-electron chi connectivity index (χ2n) is 6.09. The highest BCUT2D eigenvalue weighted by Crippen LogP contribution is 2.31. The molecule has 3 unspecified atom stereocenters. The first-order valence-electron chi connectivity index (χ1n) is 8.20. The van der Waals surface area contributed by atoms with Gasteiger partial charge >= 0.3 is 0 Å². The number of rotatable bonds is 8. The normalized spacial score (nSPS) is 15.2. The molecular formula is C20H27NO2. The molecule has 0 aliphatic carbocycles. The third-order valence-electron chi connectivity index (χ3n) is 4.28. The minimum Gasteiger partial charge on any atom is -0.493 e. The van der Waals surface area contributed by atoms with Crippen LogP contribution in [0.1, 0.15) is 24.8 Å². The average Bonchev–Trinajstić information content (AvgIpc) is 2.59. The zero-order chi connectivity index (χ0) is 16.7. The molecule has 0 saturated heterocycles. The minimum absolute atomic E-state index is 0.00222. The van der Waals surface area contributed by atoms with Gasteiger partial charge in [-0.05, 0) is 44.1 Å². The molecule has 1 N–H and O–H groups in total. The summed E-state index contributed by atoms with van der Waals surface area (Å²) in [4.78, 5) is 1.85. The molecule has 0 aromatic heterocycles. The van der Waals surface area contributed by atoms with Crippen LogP contribution >= 0.6 is 0 Å². The number of aliphatic hydroxyl groups is 1. The van der Waals surface area contributed by atoms with E-state index in [-0.39, 0.29) is 11.8 Å². The summed E-state index contributed by atoms with van der Waals surface area (Å²) in [7, 11) is 3.80. The number of nitrogens with zero attached hydrogens (tertiary/aromatic N) is 1. The van der Waals surface area contributed by atoms with Crippen LogP contribution in [-0.4, -0.2) is 36.9 Å². The van der Waals surface area contributed by atoms with Crippen molar-refractivity contribution in [3.8, 4) is 5.75 Å². The molecule has 0 saturated carbocycles. The highest BCUT2D eigenvalue weighted by Gasteiger charge is 2.30. The quantitative estimate of drug-likeness (QED) is 0.753. The Balaban J connectivity index is 2.18. The molecule has 0 heterocycles. The van der Waals surface area contributed by atoms with Gasteiger partial charge in [0, 0.05) is 5.92 Å². The number of benzene rings is 2. The summed E-state index contributed by atoms with van der Waals surface area (Å²) in [6, 6.07) is 20.2. The average molecular weight is 313 g/mol. The number of aliphatic hydroxyl groups excluding tert-OH is 1. The summed E-state index contributed by atoms with van der Waals surface area (Å²) >= 11 is 0. The number of hydrogen-bond donors (Lipinski definition) is 1. The Labute approximate surface area is 139 Å². The highest BCUT2D eigenvalue weighted by molar-refractivity contribution is 5.22. The van der Waals surface area contributed by atoms with Crippen molar-refractivity contribution in [2.75, 3.05) is 20.7 Å². The van der Waals surface area contributed by atoms with Crippen LogP contribution in [0.2, 0.25) is 0 Å². The van der Waals surface area contributed by atoms with Crippen molar-refractivity contribution < 1.29 is 9.84 Å². The lowest BCUT2D eigenvalue weighted by Crippen LogP contribution is -2.41. The van der Waals surface area contributed by atoms with E-state index in [0.717, 1.165) is 12.2 Å². The Kier molecular flexibility index (Phi) is 6.63. The number of para-hydroxylation sites is 1. The zero-order valence-electron chi connectivity index (χ0n) is 14.2. The first-order chi connectivity index (χ1) is 11.1.